The van der Waals surface area contributed by atoms with Crippen molar-refractivity contribution >= 4 is 29.6 Å². The van der Waals surface area contributed by atoms with Crippen molar-refractivity contribution in [3.8, 4) is 5.75 Å². The largest absolute Gasteiger partial charge is 0.496 e. The van der Waals surface area contributed by atoms with Crippen LogP contribution in [0.25, 0.3) is 0 Å². The minimum absolute atomic E-state index is 0.236. The van der Waals surface area contributed by atoms with Gasteiger partial charge in [-0.3, -0.25) is 9.52 Å². The van der Waals surface area contributed by atoms with Crippen molar-refractivity contribution in [2.24, 2.45) is 0 Å². The average Bonchev–Trinajstić information content (AvgIpc) is 2.60. The number of para-hydroxylation sites is 1. The third kappa shape index (κ3) is 4.65. The van der Waals surface area contributed by atoms with Gasteiger partial charge in [0.25, 0.3) is 5.91 Å². The van der Waals surface area contributed by atoms with Crippen molar-refractivity contribution in [3.05, 3.63) is 54.1 Å². The van der Waals surface area contributed by atoms with E-state index in [9.17, 15) is 9.59 Å². The van der Waals surface area contributed by atoms with Crippen LogP contribution in [0, 0.1) is 0 Å². The molecule has 0 radical (unpaired) electrons. The summed E-state index contributed by atoms with van der Waals surface area (Å²) in [5.74, 6) is 0.288. The van der Waals surface area contributed by atoms with E-state index in [1.807, 2.05) is 0 Å². The van der Waals surface area contributed by atoms with Gasteiger partial charge >= 0.3 is 6.03 Å². The quantitative estimate of drug-likeness (QED) is 0.736. The Balaban J connectivity index is 1.95. The van der Waals surface area contributed by atoms with E-state index >= 15 is 0 Å². The average molecular weight is 331 g/mol. The Morgan fingerprint density at radius 2 is 1.74 bits per heavy atom. The molecule has 2 rings (SSSR count). The molecule has 0 aromatic heterocycles. The van der Waals surface area contributed by atoms with Gasteiger partial charge in [0.05, 0.1) is 12.7 Å². The topological polar surface area (TPSA) is 79.5 Å². The van der Waals surface area contributed by atoms with Crippen LogP contribution < -0.4 is 20.1 Å². The van der Waals surface area contributed by atoms with Gasteiger partial charge in [0.2, 0.25) is 0 Å². The second kappa shape index (κ2) is 8.09. The number of hydrogen-bond acceptors (Lipinski definition) is 4. The normalized spacial score (nSPS) is 9.83. The second-order valence-electron chi connectivity index (χ2n) is 4.46. The van der Waals surface area contributed by atoms with Crippen LogP contribution in [0.4, 0.5) is 10.5 Å². The maximum atomic E-state index is 12.2. The van der Waals surface area contributed by atoms with E-state index < -0.39 is 0 Å². The molecule has 120 valence electrons. The summed E-state index contributed by atoms with van der Waals surface area (Å²) in [4.78, 5) is 24.2. The van der Waals surface area contributed by atoms with Gasteiger partial charge in [0, 0.05) is 17.6 Å². The number of ether oxygens (including phenoxy) is 1. The van der Waals surface area contributed by atoms with Crippen molar-refractivity contribution < 1.29 is 14.3 Å². The highest BCUT2D eigenvalue weighted by Gasteiger charge is 2.11. The molecule has 0 heterocycles. The number of methoxy groups -OCH3 is 1. The van der Waals surface area contributed by atoms with E-state index in [1.165, 1.54) is 19.1 Å². The molecule has 0 saturated heterocycles. The van der Waals surface area contributed by atoms with E-state index in [0.29, 0.717) is 17.0 Å². The van der Waals surface area contributed by atoms with E-state index in [-0.39, 0.29) is 11.9 Å². The third-order valence-corrected chi connectivity index (χ3v) is 3.75. The number of hydrogen-bond donors (Lipinski definition) is 3. The summed E-state index contributed by atoms with van der Waals surface area (Å²) in [5.41, 5.74) is 1.14. The molecule has 0 saturated carbocycles. The van der Waals surface area contributed by atoms with Crippen LogP contribution in [0.2, 0.25) is 0 Å². The van der Waals surface area contributed by atoms with Gasteiger partial charge < -0.3 is 15.4 Å². The Morgan fingerprint density at radius 3 is 2.39 bits per heavy atom. The van der Waals surface area contributed by atoms with Crippen molar-refractivity contribution in [3.63, 3.8) is 0 Å². The maximum Gasteiger partial charge on any atom is 0.318 e. The molecule has 0 aliphatic carbocycles. The summed E-state index contributed by atoms with van der Waals surface area (Å²) in [6.07, 6.45) is 0. The minimum atomic E-state index is -0.283. The molecule has 0 bridgehead atoms. The van der Waals surface area contributed by atoms with E-state index in [1.54, 1.807) is 55.6 Å². The van der Waals surface area contributed by atoms with E-state index in [4.69, 9.17) is 4.74 Å². The molecule has 3 N–H and O–H groups in total. The van der Waals surface area contributed by atoms with Crippen LogP contribution in [0.3, 0.4) is 0 Å². The fraction of sp³-hybridized carbons (Fsp3) is 0.125. The number of rotatable bonds is 5. The van der Waals surface area contributed by atoms with Crippen LogP contribution in [-0.2, 0) is 0 Å². The predicted octanol–water partition coefficient (Wildman–Crippen LogP) is 2.88. The zero-order valence-electron chi connectivity index (χ0n) is 12.8. The zero-order valence-corrected chi connectivity index (χ0v) is 13.6. The molecule has 0 spiro atoms. The molecule has 0 atom stereocenters. The Hall–Kier alpha value is -2.67. The molecule has 6 nitrogen and oxygen atoms in total. The highest BCUT2D eigenvalue weighted by atomic mass is 32.2. The molecule has 2 aromatic rings. The second-order valence-corrected chi connectivity index (χ2v) is 5.34. The summed E-state index contributed by atoms with van der Waals surface area (Å²) in [6, 6.07) is 13.9. The summed E-state index contributed by atoms with van der Waals surface area (Å²) in [5, 5.41) is 5.13. The van der Waals surface area contributed by atoms with Crippen LogP contribution in [0.15, 0.2) is 53.4 Å². The number of nitrogens with one attached hydrogen (secondary N) is 3. The fourth-order valence-corrected chi connectivity index (χ4v) is 2.39. The zero-order chi connectivity index (χ0) is 16.7. The lowest BCUT2D eigenvalue weighted by atomic mass is 10.2. The highest BCUT2D eigenvalue weighted by Crippen LogP contribution is 2.21. The number of carbonyl (C=O) groups is 2. The van der Waals surface area contributed by atoms with Crippen LogP contribution in [0.1, 0.15) is 10.4 Å². The first-order chi connectivity index (χ1) is 11.1. The summed E-state index contributed by atoms with van der Waals surface area (Å²) in [7, 11) is 3.07. The van der Waals surface area contributed by atoms with Crippen LogP contribution in [-0.4, -0.2) is 26.1 Å². The molecule has 0 aliphatic rings. The lowest BCUT2D eigenvalue weighted by molar-refractivity contribution is 0.0981. The van der Waals surface area contributed by atoms with Gasteiger partial charge in [-0.1, -0.05) is 12.1 Å². The number of urea groups is 1. The Morgan fingerprint density at radius 1 is 1.04 bits per heavy atom. The van der Waals surface area contributed by atoms with Crippen molar-refractivity contribution in [2.45, 2.75) is 4.90 Å². The SMILES string of the molecule is CNC(=O)Nc1ccc(SNC(=O)c2ccccc2OC)cc1. The van der Waals surface area contributed by atoms with Crippen molar-refractivity contribution in [1.82, 2.24) is 10.0 Å². The van der Waals surface area contributed by atoms with Crippen molar-refractivity contribution in [2.75, 3.05) is 19.5 Å². The Bertz CT molecular complexity index is 689. The Labute approximate surface area is 138 Å². The van der Waals surface area contributed by atoms with Gasteiger partial charge in [-0.15, -0.1) is 0 Å². The van der Waals surface area contributed by atoms with E-state index in [0.717, 1.165) is 4.90 Å². The van der Waals surface area contributed by atoms with Gasteiger partial charge in [-0.05, 0) is 48.3 Å². The fourth-order valence-electron chi connectivity index (χ4n) is 1.79. The Kier molecular flexibility index (Phi) is 5.87. The standard InChI is InChI=1S/C16H17N3O3S/c1-17-16(21)18-11-7-9-12(10-8-11)23-19-15(20)13-5-3-4-6-14(13)22-2/h3-10H,1-2H3,(H,19,20)(H2,17,18,21). The lowest BCUT2D eigenvalue weighted by Gasteiger charge is -2.09. The molecule has 23 heavy (non-hydrogen) atoms. The van der Waals surface area contributed by atoms with Gasteiger partial charge in [0.15, 0.2) is 0 Å². The molecule has 2 aromatic carbocycles. The molecule has 0 aliphatic heterocycles. The monoisotopic (exact) mass is 331 g/mol. The molecule has 0 unspecified atom stereocenters. The van der Waals surface area contributed by atoms with E-state index in [2.05, 4.69) is 15.4 Å². The molecule has 7 heteroatoms. The van der Waals surface area contributed by atoms with Crippen LogP contribution in [0.5, 0.6) is 5.75 Å². The highest BCUT2D eigenvalue weighted by molar-refractivity contribution is 7.98. The van der Waals surface area contributed by atoms with Gasteiger partial charge in [-0.2, -0.15) is 0 Å². The first kappa shape index (κ1) is 16.7. The van der Waals surface area contributed by atoms with Gasteiger partial charge in [0.1, 0.15) is 5.75 Å². The van der Waals surface area contributed by atoms with Crippen LogP contribution >= 0.6 is 11.9 Å². The van der Waals surface area contributed by atoms with Gasteiger partial charge in [-0.25, -0.2) is 4.79 Å². The summed E-state index contributed by atoms with van der Waals surface area (Å²) >= 11 is 1.19. The minimum Gasteiger partial charge on any atom is -0.496 e. The predicted molar refractivity (Wildman–Crippen MR) is 90.8 cm³/mol. The number of benzene rings is 2. The van der Waals surface area contributed by atoms with Crippen molar-refractivity contribution in [1.29, 1.82) is 0 Å². The maximum absolute atomic E-state index is 12.2. The number of anilines is 1. The molecule has 0 fully saturated rings. The first-order valence-electron chi connectivity index (χ1n) is 6.83. The molecular formula is C16H17N3O3S. The first-order valence-corrected chi connectivity index (χ1v) is 7.64. The smallest absolute Gasteiger partial charge is 0.318 e. The summed E-state index contributed by atoms with van der Waals surface area (Å²) < 4.78 is 7.93. The molecule has 3 amide bonds. The lowest BCUT2D eigenvalue weighted by Crippen LogP contribution is -2.24. The number of amides is 3. The third-order valence-electron chi connectivity index (χ3n) is 2.95. The summed E-state index contributed by atoms with van der Waals surface area (Å²) in [6.45, 7) is 0. The number of carbonyl (C=O) groups excluding carboxylic acids is 2. The molecular weight excluding hydrogens is 314 g/mol.